The van der Waals surface area contributed by atoms with Crippen LogP contribution in [0, 0.1) is 0 Å². The summed E-state index contributed by atoms with van der Waals surface area (Å²) in [6, 6.07) is 0.728. The molecule has 1 unspecified atom stereocenters. The van der Waals surface area contributed by atoms with Crippen LogP contribution in [-0.4, -0.2) is 98.3 Å². The van der Waals surface area contributed by atoms with E-state index in [9.17, 15) is 0 Å². The van der Waals surface area contributed by atoms with Gasteiger partial charge in [0, 0.05) is 51.5 Å². The van der Waals surface area contributed by atoms with E-state index in [1.807, 2.05) is 7.05 Å². The number of hydrogen-bond acceptors (Lipinski definition) is 4. The molecule has 148 valence electrons. The molecule has 4 aliphatic rings. The molecule has 6 heteroatoms. The first-order valence-corrected chi connectivity index (χ1v) is 10.8. The van der Waals surface area contributed by atoms with Crippen LogP contribution in [0.25, 0.3) is 0 Å². The van der Waals surface area contributed by atoms with Crippen LogP contribution in [0.3, 0.4) is 0 Å². The van der Waals surface area contributed by atoms with Crippen LogP contribution in [0.1, 0.15) is 44.9 Å². The van der Waals surface area contributed by atoms with Gasteiger partial charge in [-0.25, -0.2) is 0 Å². The van der Waals surface area contributed by atoms with E-state index >= 15 is 0 Å². The average Bonchev–Trinajstić information content (AvgIpc) is 3.44. The summed E-state index contributed by atoms with van der Waals surface area (Å²) in [6.45, 7) is 10.2. The topological polar surface area (TPSA) is 43.3 Å². The highest BCUT2D eigenvalue weighted by atomic mass is 16.5. The molecule has 26 heavy (non-hydrogen) atoms. The van der Waals surface area contributed by atoms with Gasteiger partial charge in [-0.15, -0.1) is 0 Å². The fourth-order valence-electron chi connectivity index (χ4n) is 5.46. The van der Waals surface area contributed by atoms with E-state index in [0.717, 1.165) is 57.7 Å². The molecule has 4 rings (SSSR count). The highest BCUT2D eigenvalue weighted by Crippen LogP contribution is 2.31. The normalized spacial score (nSPS) is 31.0. The molecule has 0 radical (unpaired) electrons. The molecule has 4 saturated heterocycles. The summed E-state index contributed by atoms with van der Waals surface area (Å²) in [5.41, 5.74) is 0.263. The van der Waals surface area contributed by atoms with Gasteiger partial charge in [-0.05, 0) is 71.1 Å². The van der Waals surface area contributed by atoms with Crippen molar-refractivity contribution in [3.05, 3.63) is 0 Å². The van der Waals surface area contributed by atoms with Gasteiger partial charge in [-0.1, -0.05) is 0 Å². The second kappa shape index (κ2) is 8.44. The number of nitrogens with one attached hydrogen (secondary N) is 1. The van der Waals surface area contributed by atoms with E-state index < -0.39 is 0 Å². The smallest absolute Gasteiger partial charge is 0.193 e. The Morgan fingerprint density at radius 3 is 2.42 bits per heavy atom. The zero-order chi connectivity index (χ0) is 17.8. The van der Waals surface area contributed by atoms with Crippen molar-refractivity contribution in [3.63, 3.8) is 0 Å². The van der Waals surface area contributed by atoms with Crippen LogP contribution in [0.15, 0.2) is 4.99 Å². The van der Waals surface area contributed by atoms with Gasteiger partial charge < -0.3 is 15.0 Å². The van der Waals surface area contributed by atoms with Crippen LogP contribution in [0.4, 0.5) is 0 Å². The first-order valence-electron chi connectivity index (χ1n) is 10.8. The summed E-state index contributed by atoms with van der Waals surface area (Å²) >= 11 is 0. The number of guanidine groups is 1. The van der Waals surface area contributed by atoms with Crippen molar-refractivity contribution < 1.29 is 4.74 Å². The van der Waals surface area contributed by atoms with E-state index in [4.69, 9.17) is 4.74 Å². The molecule has 0 aromatic heterocycles. The third-order valence-electron chi connectivity index (χ3n) is 7.11. The lowest BCUT2D eigenvalue weighted by Crippen LogP contribution is -2.58. The molecular weight excluding hydrogens is 326 g/mol. The minimum absolute atomic E-state index is 0.263. The van der Waals surface area contributed by atoms with E-state index in [1.165, 1.54) is 58.3 Å². The Morgan fingerprint density at radius 1 is 1.04 bits per heavy atom. The van der Waals surface area contributed by atoms with Crippen molar-refractivity contribution in [1.82, 2.24) is 20.0 Å². The average molecular weight is 364 g/mol. The highest BCUT2D eigenvalue weighted by Gasteiger charge is 2.40. The summed E-state index contributed by atoms with van der Waals surface area (Å²) in [5.74, 6) is 1.11. The number of ether oxygens (including phenoxy) is 1. The maximum absolute atomic E-state index is 5.69. The second-order valence-electron chi connectivity index (χ2n) is 8.56. The molecule has 4 fully saturated rings. The van der Waals surface area contributed by atoms with E-state index in [2.05, 4.69) is 25.0 Å². The summed E-state index contributed by atoms with van der Waals surface area (Å²) in [6.07, 6.45) is 9.03. The molecule has 0 aromatic rings. The molecule has 0 aliphatic carbocycles. The first kappa shape index (κ1) is 18.5. The van der Waals surface area contributed by atoms with Crippen molar-refractivity contribution in [2.75, 3.05) is 66.1 Å². The van der Waals surface area contributed by atoms with Crippen LogP contribution in [0.5, 0.6) is 0 Å². The fourth-order valence-corrected chi connectivity index (χ4v) is 5.46. The van der Waals surface area contributed by atoms with E-state index in [1.54, 1.807) is 0 Å². The monoisotopic (exact) mass is 363 g/mol. The molecule has 0 aromatic carbocycles. The number of aliphatic imine (C=N–C) groups is 1. The molecule has 6 nitrogen and oxygen atoms in total. The maximum Gasteiger partial charge on any atom is 0.193 e. The summed E-state index contributed by atoms with van der Waals surface area (Å²) in [5, 5.41) is 3.77. The Morgan fingerprint density at radius 2 is 1.73 bits per heavy atom. The predicted octanol–water partition coefficient (Wildman–Crippen LogP) is 1.38. The molecule has 0 amide bonds. The van der Waals surface area contributed by atoms with Crippen LogP contribution >= 0.6 is 0 Å². The van der Waals surface area contributed by atoms with Gasteiger partial charge in [0.15, 0.2) is 5.96 Å². The predicted molar refractivity (Wildman–Crippen MR) is 106 cm³/mol. The Labute approximate surface area is 158 Å². The van der Waals surface area contributed by atoms with E-state index in [-0.39, 0.29) is 5.54 Å². The number of hydrogen-bond donors (Lipinski definition) is 1. The standard InChI is InChI=1S/C20H37N5O/c1-21-19(24-13-6-18(16-24)23-9-2-3-10-23)22-17-20(7-14-26-15-8-20)25-11-4-5-12-25/h18H,2-17H2,1H3,(H,21,22). The van der Waals surface area contributed by atoms with E-state index in [0.29, 0.717) is 0 Å². The van der Waals surface area contributed by atoms with Gasteiger partial charge in [0.25, 0.3) is 0 Å². The summed E-state index contributed by atoms with van der Waals surface area (Å²) < 4.78 is 5.69. The summed E-state index contributed by atoms with van der Waals surface area (Å²) in [4.78, 5) is 12.5. The van der Waals surface area contributed by atoms with Crippen molar-refractivity contribution >= 4 is 5.96 Å². The Bertz CT molecular complexity index is 479. The zero-order valence-corrected chi connectivity index (χ0v) is 16.6. The maximum atomic E-state index is 5.69. The zero-order valence-electron chi connectivity index (χ0n) is 16.6. The lowest BCUT2D eigenvalue weighted by Gasteiger charge is -2.45. The molecule has 0 bridgehead atoms. The van der Waals surface area contributed by atoms with Crippen LogP contribution in [-0.2, 0) is 4.74 Å². The largest absolute Gasteiger partial charge is 0.381 e. The number of likely N-dealkylation sites (tertiary alicyclic amines) is 3. The molecule has 0 saturated carbocycles. The second-order valence-corrected chi connectivity index (χ2v) is 8.56. The number of rotatable bonds is 4. The van der Waals surface area contributed by atoms with Gasteiger partial charge in [0.05, 0.1) is 0 Å². The van der Waals surface area contributed by atoms with Gasteiger partial charge in [-0.3, -0.25) is 14.8 Å². The first-order chi connectivity index (χ1) is 12.8. The minimum atomic E-state index is 0.263. The van der Waals surface area contributed by atoms with Gasteiger partial charge in [0.2, 0.25) is 0 Å². The van der Waals surface area contributed by atoms with Crippen LogP contribution in [0.2, 0.25) is 0 Å². The highest BCUT2D eigenvalue weighted by molar-refractivity contribution is 5.80. The SMILES string of the molecule is CN=C(NCC1(N2CCCC2)CCOCC1)N1CCC(N2CCCC2)C1. The molecule has 0 spiro atoms. The van der Waals surface area contributed by atoms with Crippen LogP contribution < -0.4 is 5.32 Å². The number of nitrogens with zero attached hydrogens (tertiary/aromatic N) is 4. The quantitative estimate of drug-likeness (QED) is 0.604. The van der Waals surface area contributed by atoms with Crippen molar-refractivity contribution in [1.29, 1.82) is 0 Å². The molecule has 4 heterocycles. The lowest BCUT2D eigenvalue weighted by atomic mass is 9.88. The van der Waals surface area contributed by atoms with Gasteiger partial charge in [-0.2, -0.15) is 0 Å². The lowest BCUT2D eigenvalue weighted by molar-refractivity contribution is -0.0166. The van der Waals surface area contributed by atoms with Gasteiger partial charge in [0.1, 0.15) is 0 Å². The summed E-state index contributed by atoms with van der Waals surface area (Å²) in [7, 11) is 1.94. The molecular formula is C20H37N5O. The molecule has 1 N–H and O–H groups in total. The third kappa shape index (κ3) is 3.87. The molecule has 1 atom stereocenters. The Kier molecular flexibility index (Phi) is 6.01. The molecule has 4 aliphatic heterocycles. The van der Waals surface area contributed by atoms with Crippen molar-refractivity contribution in [2.45, 2.75) is 56.5 Å². The fraction of sp³-hybridized carbons (Fsp3) is 0.950. The third-order valence-corrected chi connectivity index (χ3v) is 7.11. The Hall–Kier alpha value is -0.850. The minimum Gasteiger partial charge on any atom is -0.381 e. The van der Waals surface area contributed by atoms with Crippen molar-refractivity contribution in [2.24, 2.45) is 4.99 Å². The Balaban J connectivity index is 1.35. The van der Waals surface area contributed by atoms with Gasteiger partial charge >= 0.3 is 0 Å². The van der Waals surface area contributed by atoms with Crippen molar-refractivity contribution in [3.8, 4) is 0 Å².